The lowest BCUT2D eigenvalue weighted by atomic mass is 10.1. The number of hydrogen-bond donors (Lipinski definition) is 1. The van der Waals surface area contributed by atoms with Crippen LogP contribution in [0.1, 0.15) is 12.0 Å². The van der Waals surface area contributed by atoms with Crippen LogP contribution in [0.5, 0.6) is 5.75 Å². The van der Waals surface area contributed by atoms with Crippen molar-refractivity contribution in [1.82, 2.24) is 4.90 Å². The summed E-state index contributed by atoms with van der Waals surface area (Å²) >= 11 is 0. The molecule has 0 saturated carbocycles. The third-order valence-corrected chi connectivity index (χ3v) is 3.28. The molecule has 2 rings (SSSR count). The molecule has 0 amide bonds. The molecule has 3 nitrogen and oxygen atoms in total. The van der Waals surface area contributed by atoms with Gasteiger partial charge < -0.3 is 15.0 Å². The van der Waals surface area contributed by atoms with Crippen molar-refractivity contribution in [2.24, 2.45) is 0 Å². The van der Waals surface area contributed by atoms with Gasteiger partial charge in [-0.25, -0.2) is 0 Å². The molecule has 0 aromatic heterocycles. The summed E-state index contributed by atoms with van der Waals surface area (Å²) in [6.07, 6.45) is -3.54. The van der Waals surface area contributed by atoms with E-state index in [2.05, 4.69) is 10.2 Å². The Morgan fingerprint density at radius 1 is 1.37 bits per heavy atom. The van der Waals surface area contributed by atoms with Crippen molar-refractivity contribution in [2.75, 3.05) is 32.6 Å². The Balaban J connectivity index is 2.24. The second kappa shape index (κ2) is 5.28. The van der Waals surface area contributed by atoms with Gasteiger partial charge in [-0.05, 0) is 38.2 Å². The van der Waals surface area contributed by atoms with Crippen LogP contribution in [0.25, 0.3) is 0 Å². The van der Waals surface area contributed by atoms with E-state index >= 15 is 0 Å². The molecule has 106 valence electrons. The molecule has 0 bridgehead atoms. The van der Waals surface area contributed by atoms with E-state index < -0.39 is 11.7 Å². The van der Waals surface area contributed by atoms with Gasteiger partial charge in [-0.1, -0.05) is 0 Å². The highest BCUT2D eigenvalue weighted by Crippen LogP contribution is 2.37. The minimum Gasteiger partial charge on any atom is -0.497 e. The molecule has 1 aliphatic rings. The lowest BCUT2D eigenvalue weighted by Gasteiger charge is -2.19. The molecule has 1 N–H and O–H groups in total. The van der Waals surface area contributed by atoms with E-state index in [1.54, 1.807) is 0 Å². The first-order valence-corrected chi connectivity index (χ1v) is 6.10. The average Bonchev–Trinajstić information content (AvgIpc) is 2.74. The normalized spacial score (nSPS) is 20.6. The monoisotopic (exact) mass is 274 g/mol. The molecule has 0 radical (unpaired) electrons. The summed E-state index contributed by atoms with van der Waals surface area (Å²) in [6.45, 7) is 1.65. The molecule has 6 heteroatoms. The number of nitrogens with one attached hydrogen (secondary N) is 1. The lowest BCUT2D eigenvalue weighted by Crippen LogP contribution is -2.25. The summed E-state index contributed by atoms with van der Waals surface area (Å²) in [5.74, 6) is 0.210. The minimum atomic E-state index is -4.39. The quantitative estimate of drug-likeness (QED) is 0.917. The van der Waals surface area contributed by atoms with E-state index in [9.17, 15) is 13.2 Å². The Bertz CT molecular complexity index is 448. The number of ether oxygens (including phenoxy) is 1. The van der Waals surface area contributed by atoms with Gasteiger partial charge in [-0.15, -0.1) is 0 Å². The van der Waals surface area contributed by atoms with Crippen molar-refractivity contribution < 1.29 is 17.9 Å². The van der Waals surface area contributed by atoms with Gasteiger partial charge in [0.2, 0.25) is 0 Å². The fraction of sp³-hybridized carbons (Fsp3) is 0.538. The number of methoxy groups -OCH3 is 1. The molecule has 1 saturated heterocycles. The van der Waals surface area contributed by atoms with Crippen LogP contribution in [0.2, 0.25) is 0 Å². The standard InChI is InChI=1S/C13H17F3N2O/c1-18-6-5-9(8-18)17-12-4-3-10(19-2)7-11(12)13(14,15)16/h3-4,7,9,17H,5-6,8H2,1-2H3. The van der Waals surface area contributed by atoms with Crippen molar-refractivity contribution in [3.63, 3.8) is 0 Å². The highest BCUT2D eigenvalue weighted by Gasteiger charge is 2.35. The van der Waals surface area contributed by atoms with E-state index in [1.807, 2.05) is 7.05 Å². The van der Waals surface area contributed by atoms with Gasteiger partial charge in [0.25, 0.3) is 0 Å². The van der Waals surface area contributed by atoms with Crippen LogP contribution in [0.15, 0.2) is 18.2 Å². The molecule has 1 atom stereocenters. The summed E-state index contributed by atoms with van der Waals surface area (Å²) in [4.78, 5) is 2.09. The number of likely N-dealkylation sites (N-methyl/N-ethyl adjacent to an activating group) is 1. The van der Waals surface area contributed by atoms with Crippen LogP contribution in [0, 0.1) is 0 Å². The van der Waals surface area contributed by atoms with Gasteiger partial charge in [0.15, 0.2) is 0 Å². The first kappa shape index (κ1) is 14.0. The topological polar surface area (TPSA) is 24.5 Å². The number of rotatable bonds is 3. The number of anilines is 1. The Morgan fingerprint density at radius 3 is 2.63 bits per heavy atom. The fourth-order valence-corrected chi connectivity index (χ4v) is 2.28. The van der Waals surface area contributed by atoms with Crippen molar-refractivity contribution in [1.29, 1.82) is 0 Å². The average molecular weight is 274 g/mol. The van der Waals surface area contributed by atoms with E-state index in [0.29, 0.717) is 0 Å². The Hall–Kier alpha value is -1.43. The van der Waals surface area contributed by atoms with E-state index in [4.69, 9.17) is 4.74 Å². The highest BCUT2D eigenvalue weighted by molar-refractivity contribution is 5.56. The van der Waals surface area contributed by atoms with Gasteiger partial charge in [0.05, 0.1) is 12.7 Å². The molecule has 0 aliphatic carbocycles. The molecule has 1 heterocycles. The van der Waals surface area contributed by atoms with Crippen LogP contribution in [-0.2, 0) is 6.18 Å². The molecule has 1 aromatic carbocycles. The number of hydrogen-bond acceptors (Lipinski definition) is 3. The molecule has 1 fully saturated rings. The third-order valence-electron chi connectivity index (χ3n) is 3.28. The molecular formula is C13H17F3N2O. The Kier molecular flexibility index (Phi) is 3.89. The SMILES string of the molecule is COc1ccc(NC2CCN(C)C2)c(C(F)(F)F)c1. The number of nitrogens with zero attached hydrogens (tertiary/aromatic N) is 1. The lowest BCUT2D eigenvalue weighted by molar-refractivity contribution is -0.137. The molecule has 19 heavy (non-hydrogen) atoms. The number of halogens is 3. The van der Waals surface area contributed by atoms with Crippen LogP contribution in [0.3, 0.4) is 0 Å². The van der Waals surface area contributed by atoms with Crippen molar-refractivity contribution in [3.05, 3.63) is 23.8 Å². The van der Waals surface area contributed by atoms with Crippen LogP contribution in [0.4, 0.5) is 18.9 Å². The van der Waals surface area contributed by atoms with Gasteiger partial charge in [-0.3, -0.25) is 0 Å². The summed E-state index contributed by atoms with van der Waals surface area (Å²) in [5, 5.41) is 2.98. The zero-order chi connectivity index (χ0) is 14.0. The van der Waals surface area contributed by atoms with Crippen molar-refractivity contribution >= 4 is 5.69 Å². The molecular weight excluding hydrogens is 257 g/mol. The van der Waals surface area contributed by atoms with Crippen LogP contribution >= 0.6 is 0 Å². The summed E-state index contributed by atoms with van der Waals surface area (Å²) in [5.41, 5.74) is -0.560. The largest absolute Gasteiger partial charge is 0.497 e. The van der Waals surface area contributed by atoms with Crippen molar-refractivity contribution in [3.8, 4) is 5.75 Å². The van der Waals surface area contributed by atoms with E-state index in [-0.39, 0.29) is 17.5 Å². The number of alkyl halides is 3. The van der Waals surface area contributed by atoms with Gasteiger partial charge in [0.1, 0.15) is 5.75 Å². The highest BCUT2D eigenvalue weighted by atomic mass is 19.4. The predicted octanol–water partition coefficient (Wildman–Crippen LogP) is 2.83. The van der Waals surface area contributed by atoms with Crippen molar-refractivity contribution in [2.45, 2.75) is 18.6 Å². The van der Waals surface area contributed by atoms with E-state index in [1.165, 1.54) is 19.2 Å². The molecule has 1 aliphatic heterocycles. The second-order valence-electron chi connectivity index (χ2n) is 4.80. The number of benzene rings is 1. The maximum absolute atomic E-state index is 13.0. The summed E-state index contributed by atoms with van der Waals surface area (Å²) < 4.78 is 43.9. The third kappa shape index (κ3) is 3.32. The van der Waals surface area contributed by atoms with Gasteiger partial charge in [-0.2, -0.15) is 13.2 Å². The Morgan fingerprint density at radius 2 is 2.11 bits per heavy atom. The zero-order valence-electron chi connectivity index (χ0n) is 10.9. The van der Waals surface area contributed by atoms with E-state index in [0.717, 1.165) is 25.6 Å². The van der Waals surface area contributed by atoms with Gasteiger partial charge in [0, 0.05) is 18.3 Å². The van der Waals surface area contributed by atoms with Crippen LogP contribution < -0.4 is 10.1 Å². The molecule has 1 unspecified atom stereocenters. The number of likely N-dealkylation sites (tertiary alicyclic amines) is 1. The smallest absolute Gasteiger partial charge is 0.418 e. The summed E-state index contributed by atoms with van der Waals surface area (Å²) in [7, 11) is 3.31. The minimum absolute atomic E-state index is 0.0551. The Labute approximate surface area is 110 Å². The zero-order valence-corrected chi connectivity index (χ0v) is 10.9. The predicted molar refractivity (Wildman–Crippen MR) is 67.5 cm³/mol. The first-order chi connectivity index (χ1) is 8.90. The molecule has 0 spiro atoms. The second-order valence-corrected chi connectivity index (χ2v) is 4.80. The maximum atomic E-state index is 13.0. The summed E-state index contributed by atoms with van der Waals surface area (Å²) in [6, 6.07) is 4.05. The maximum Gasteiger partial charge on any atom is 0.418 e. The van der Waals surface area contributed by atoms with Gasteiger partial charge >= 0.3 is 6.18 Å². The molecule has 1 aromatic rings. The first-order valence-electron chi connectivity index (χ1n) is 6.10. The fourth-order valence-electron chi connectivity index (χ4n) is 2.28. The van der Waals surface area contributed by atoms with Crippen LogP contribution in [-0.4, -0.2) is 38.2 Å².